The standard InChI is InChI=1S/C17H17Cl2NO4/c1-10-9-24-14(8-15(21)22)16(10)17(23)20-6-2-3-11-4-5-12(18)7-13(11)19/h4-5,7,9H,2-3,6,8H2,1H3,(H,20,23)(H,21,22). The van der Waals surface area contributed by atoms with Crippen LogP contribution in [0.1, 0.15) is 33.7 Å². The zero-order valence-corrected chi connectivity index (χ0v) is 14.6. The summed E-state index contributed by atoms with van der Waals surface area (Å²) in [5.74, 6) is -1.21. The number of rotatable bonds is 7. The molecule has 1 heterocycles. The van der Waals surface area contributed by atoms with Gasteiger partial charge >= 0.3 is 5.97 Å². The van der Waals surface area contributed by atoms with Crippen LogP contribution in [0.4, 0.5) is 0 Å². The van der Waals surface area contributed by atoms with Crippen LogP contribution in [0.2, 0.25) is 10.0 Å². The fourth-order valence-corrected chi connectivity index (χ4v) is 2.87. The Morgan fingerprint density at radius 1 is 1.29 bits per heavy atom. The number of furan rings is 1. The third-order valence-electron chi connectivity index (χ3n) is 3.51. The summed E-state index contributed by atoms with van der Waals surface area (Å²) >= 11 is 12.0. The fraction of sp³-hybridized carbons (Fsp3) is 0.294. The summed E-state index contributed by atoms with van der Waals surface area (Å²) in [6, 6.07) is 5.32. The van der Waals surface area contributed by atoms with Crippen molar-refractivity contribution < 1.29 is 19.1 Å². The highest BCUT2D eigenvalue weighted by atomic mass is 35.5. The van der Waals surface area contributed by atoms with E-state index in [-0.39, 0.29) is 18.1 Å². The smallest absolute Gasteiger partial charge is 0.311 e. The van der Waals surface area contributed by atoms with Gasteiger partial charge < -0.3 is 14.8 Å². The predicted molar refractivity (Wildman–Crippen MR) is 91.9 cm³/mol. The number of benzene rings is 1. The minimum Gasteiger partial charge on any atom is -0.481 e. The summed E-state index contributed by atoms with van der Waals surface area (Å²) in [6.45, 7) is 2.15. The molecule has 128 valence electrons. The molecule has 1 aromatic carbocycles. The minimum atomic E-state index is -1.05. The molecular weight excluding hydrogens is 353 g/mol. The fourth-order valence-electron chi connectivity index (χ4n) is 2.36. The van der Waals surface area contributed by atoms with Gasteiger partial charge in [0.2, 0.25) is 0 Å². The van der Waals surface area contributed by atoms with E-state index >= 15 is 0 Å². The summed E-state index contributed by atoms with van der Waals surface area (Å²) < 4.78 is 5.16. The number of carbonyl (C=O) groups excluding carboxylic acids is 1. The van der Waals surface area contributed by atoms with Crippen molar-refractivity contribution in [3.8, 4) is 0 Å². The predicted octanol–water partition coefficient (Wildman–Crippen LogP) is 3.88. The number of carboxylic acids is 1. The molecule has 0 unspecified atom stereocenters. The third kappa shape index (κ3) is 4.76. The molecule has 0 radical (unpaired) electrons. The molecule has 0 fully saturated rings. The number of aryl methyl sites for hydroxylation is 2. The number of hydrogen-bond acceptors (Lipinski definition) is 3. The number of aliphatic carboxylic acids is 1. The Morgan fingerprint density at radius 2 is 2.04 bits per heavy atom. The maximum absolute atomic E-state index is 12.2. The van der Waals surface area contributed by atoms with Gasteiger partial charge in [-0.05, 0) is 37.5 Å². The van der Waals surface area contributed by atoms with Crippen molar-refractivity contribution in [3.63, 3.8) is 0 Å². The molecule has 2 N–H and O–H groups in total. The second kappa shape index (κ2) is 8.22. The van der Waals surface area contributed by atoms with Gasteiger partial charge in [-0.25, -0.2) is 0 Å². The van der Waals surface area contributed by atoms with Crippen molar-refractivity contribution in [2.24, 2.45) is 0 Å². The molecule has 0 aliphatic heterocycles. The summed E-state index contributed by atoms with van der Waals surface area (Å²) in [5.41, 5.74) is 1.87. The maximum Gasteiger partial charge on any atom is 0.311 e. The Balaban J connectivity index is 1.89. The first-order valence-corrected chi connectivity index (χ1v) is 8.15. The number of carboxylic acid groups (broad SMARTS) is 1. The van der Waals surface area contributed by atoms with E-state index in [1.54, 1.807) is 19.1 Å². The lowest BCUT2D eigenvalue weighted by Gasteiger charge is -2.07. The van der Waals surface area contributed by atoms with Crippen molar-refractivity contribution in [1.29, 1.82) is 0 Å². The highest BCUT2D eigenvalue weighted by Gasteiger charge is 2.20. The zero-order chi connectivity index (χ0) is 17.7. The Hall–Kier alpha value is -1.98. The summed E-state index contributed by atoms with van der Waals surface area (Å²) in [6.07, 6.45) is 2.46. The topological polar surface area (TPSA) is 79.5 Å². The molecule has 0 aliphatic carbocycles. The average Bonchev–Trinajstić information content (AvgIpc) is 2.85. The summed E-state index contributed by atoms with van der Waals surface area (Å²) in [7, 11) is 0. The van der Waals surface area contributed by atoms with Crippen molar-refractivity contribution in [2.45, 2.75) is 26.2 Å². The number of amides is 1. The summed E-state index contributed by atoms with van der Waals surface area (Å²) in [5, 5.41) is 12.8. The van der Waals surface area contributed by atoms with Crippen LogP contribution in [0.15, 0.2) is 28.9 Å². The van der Waals surface area contributed by atoms with E-state index in [1.807, 2.05) is 6.07 Å². The molecule has 7 heteroatoms. The van der Waals surface area contributed by atoms with E-state index in [2.05, 4.69) is 5.32 Å². The van der Waals surface area contributed by atoms with Gasteiger partial charge in [-0.15, -0.1) is 0 Å². The molecule has 1 aromatic heterocycles. The lowest BCUT2D eigenvalue weighted by molar-refractivity contribution is -0.136. The van der Waals surface area contributed by atoms with Gasteiger partial charge in [-0.2, -0.15) is 0 Å². The summed E-state index contributed by atoms with van der Waals surface area (Å²) in [4.78, 5) is 23.1. The van der Waals surface area contributed by atoms with E-state index in [4.69, 9.17) is 32.7 Å². The van der Waals surface area contributed by atoms with Crippen LogP contribution in [0, 0.1) is 6.92 Å². The molecule has 0 spiro atoms. The molecule has 1 amide bonds. The van der Waals surface area contributed by atoms with Gasteiger partial charge in [-0.1, -0.05) is 29.3 Å². The quantitative estimate of drug-likeness (QED) is 0.725. The largest absolute Gasteiger partial charge is 0.481 e. The van der Waals surface area contributed by atoms with Gasteiger partial charge in [0.1, 0.15) is 12.2 Å². The lowest BCUT2D eigenvalue weighted by Crippen LogP contribution is -2.26. The van der Waals surface area contributed by atoms with Crippen LogP contribution in [-0.4, -0.2) is 23.5 Å². The Kier molecular flexibility index (Phi) is 6.29. The average molecular weight is 370 g/mol. The molecular formula is C17H17Cl2NO4. The first-order chi connectivity index (χ1) is 11.4. The van der Waals surface area contributed by atoms with Crippen molar-refractivity contribution in [2.75, 3.05) is 6.54 Å². The zero-order valence-electron chi connectivity index (χ0n) is 13.1. The van der Waals surface area contributed by atoms with Gasteiger partial charge in [0.15, 0.2) is 0 Å². The van der Waals surface area contributed by atoms with Gasteiger partial charge in [-0.3, -0.25) is 9.59 Å². The van der Waals surface area contributed by atoms with E-state index in [0.29, 0.717) is 40.6 Å². The van der Waals surface area contributed by atoms with Crippen LogP contribution in [0.25, 0.3) is 0 Å². The molecule has 0 aliphatic rings. The Labute approximate surface area is 149 Å². The second-order valence-electron chi connectivity index (χ2n) is 5.38. The first kappa shape index (κ1) is 18.4. The van der Waals surface area contributed by atoms with Gasteiger partial charge in [0.05, 0.1) is 11.8 Å². The normalized spacial score (nSPS) is 10.6. The van der Waals surface area contributed by atoms with Crippen molar-refractivity contribution in [1.82, 2.24) is 5.32 Å². The van der Waals surface area contributed by atoms with E-state index in [0.717, 1.165) is 5.56 Å². The van der Waals surface area contributed by atoms with Gasteiger partial charge in [0.25, 0.3) is 5.91 Å². The van der Waals surface area contributed by atoms with E-state index in [9.17, 15) is 9.59 Å². The van der Waals surface area contributed by atoms with Crippen molar-refractivity contribution >= 4 is 35.1 Å². The van der Waals surface area contributed by atoms with Crippen molar-refractivity contribution in [3.05, 3.63) is 57.0 Å². The minimum absolute atomic E-state index is 0.165. The lowest BCUT2D eigenvalue weighted by atomic mass is 10.1. The Bertz CT molecular complexity index is 755. The Morgan fingerprint density at radius 3 is 2.71 bits per heavy atom. The number of halogens is 2. The monoisotopic (exact) mass is 369 g/mol. The third-order valence-corrected chi connectivity index (χ3v) is 4.10. The first-order valence-electron chi connectivity index (χ1n) is 7.39. The number of nitrogens with one attached hydrogen (secondary N) is 1. The highest BCUT2D eigenvalue weighted by Crippen LogP contribution is 2.22. The molecule has 0 saturated carbocycles. The van der Waals surface area contributed by atoms with Crippen LogP contribution >= 0.6 is 23.2 Å². The molecule has 2 rings (SSSR count). The maximum atomic E-state index is 12.2. The van der Waals surface area contributed by atoms with Crippen LogP contribution in [0.5, 0.6) is 0 Å². The van der Waals surface area contributed by atoms with Gasteiger partial charge in [0, 0.05) is 22.2 Å². The molecule has 0 atom stereocenters. The van der Waals surface area contributed by atoms with Crippen LogP contribution in [-0.2, 0) is 17.6 Å². The SMILES string of the molecule is Cc1coc(CC(=O)O)c1C(=O)NCCCc1ccc(Cl)cc1Cl. The van der Waals surface area contributed by atoms with E-state index < -0.39 is 5.97 Å². The number of hydrogen-bond donors (Lipinski definition) is 2. The van der Waals surface area contributed by atoms with Crippen LogP contribution < -0.4 is 5.32 Å². The molecule has 5 nitrogen and oxygen atoms in total. The second-order valence-corrected chi connectivity index (χ2v) is 6.23. The highest BCUT2D eigenvalue weighted by molar-refractivity contribution is 6.35. The molecule has 24 heavy (non-hydrogen) atoms. The molecule has 2 aromatic rings. The molecule has 0 saturated heterocycles. The van der Waals surface area contributed by atoms with Crippen LogP contribution in [0.3, 0.4) is 0 Å². The number of carbonyl (C=O) groups is 2. The molecule has 0 bridgehead atoms. The van der Waals surface area contributed by atoms with E-state index in [1.165, 1.54) is 6.26 Å².